The van der Waals surface area contributed by atoms with Crippen LogP contribution in [0.3, 0.4) is 0 Å². The van der Waals surface area contributed by atoms with E-state index in [0.29, 0.717) is 24.1 Å². The summed E-state index contributed by atoms with van der Waals surface area (Å²) in [5.74, 6) is 1.06. The second-order valence-electron chi connectivity index (χ2n) is 10.9. The smallest absolute Gasteiger partial charge is 0.225 e. The summed E-state index contributed by atoms with van der Waals surface area (Å²) in [5, 5.41) is 38.5. The Bertz CT molecular complexity index is 1510. The molecule has 3 heterocycles. The molecule has 2 aliphatic rings. The zero-order chi connectivity index (χ0) is 27.3. The second kappa shape index (κ2) is 10.4. The number of anilines is 2. The molecule has 5 N–H and O–H groups in total. The number of aliphatic hydroxyl groups is 3. The van der Waals surface area contributed by atoms with Crippen molar-refractivity contribution in [2.75, 3.05) is 17.2 Å². The molecular weight excluding hydrogens is 512 g/mol. The van der Waals surface area contributed by atoms with Gasteiger partial charge in [0.25, 0.3) is 0 Å². The molecule has 0 radical (unpaired) electrons. The Labute approximate surface area is 231 Å². The zero-order valence-corrected chi connectivity index (χ0v) is 23.1. The highest BCUT2D eigenvalue weighted by Crippen LogP contribution is 2.44. The van der Waals surface area contributed by atoms with E-state index >= 15 is 0 Å². The van der Waals surface area contributed by atoms with Crippen LogP contribution >= 0.6 is 11.3 Å². The van der Waals surface area contributed by atoms with Gasteiger partial charge < -0.3 is 26.0 Å². The van der Waals surface area contributed by atoms with Gasteiger partial charge in [-0.05, 0) is 51.7 Å². The molecule has 0 spiro atoms. The first kappa shape index (κ1) is 26.1. The molecule has 39 heavy (non-hydrogen) atoms. The molecule has 3 aromatic heterocycles. The van der Waals surface area contributed by atoms with Gasteiger partial charge in [-0.15, -0.1) is 11.3 Å². The number of benzene rings is 1. The minimum absolute atomic E-state index is 0.0321. The quantitative estimate of drug-likeness (QED) is 0.219. The van der Waals surface area contributed by atoms with Gasteiger partial charge in [0.05, 0.1) is 39.8 Å². The van der Waals surface area contributed by atoms with Gasteiger partial charge in [0.1, 0.15) is 22.4 Å². The van der Waals surface area contributed by atoms with E-state index in [0.717, 1.165) is 50.6 Å². The number of fused-ring (bicyclic) bond motifs is 1. The van der Waals surface area contributed by atoms with E-state index in [1.807, 2.05) is 25.3 Å². The number of hydrogen-bond acceptors (Lipinski definition) is 10. The molecule has 0 amide bonds. The van der Waals surface area contributed by atoms with Crippen LogP contribution in [0.25, 0.3) is 20.8 Å². The Kier molecular flexibility index (Phi) is 6.96. The Morgan fingerprint density at radius 3 is 2.62 bits per heavy atom. The number of aromatic nitrogens is 4. The third kappa shape index (κ3) is 5.09. The van der Waals surface area contributed by atoms with Gasteiger partial charge in [-0.25, -0.2) is 9.97 Å². The van der Waals surface area contributed by atoms with E-state index in [9.17, 15) is 15.3 Å². The van der Waals surface area contributed by atoms with Crippen molar-refractivity contribution in [3.05, 3.63) is 59.0 Å². The maximum atomic E-state index is 10.8. The summed E-state index contributed by atoms with van der Waals surface area (Å²) in [6.07, 6.45) is 2.51. The number of hydrogen-bond donors (Lipinski definition) is 5. The highest BCUT2D eigenvalue weighted by molar-refractivity contribution is 7.21. The molecule has 2 saturated carbocycles. The molecular formula is C29H34N6O3S. The van der Waals surface area contributed by atoms with Gasteiger partial charge in [-0.3, -0.25) is 4.98 Å². The van der Waals surface area contributed by atoms with E-state index in [2.05, 4.69) is 47.7 Å². The first-order valence-corrected chi connectivity index (χ1v) is 14.3. The fourth-order valence-electron chi connectivity index (χ4n) is 5.48. The number of aryl methyl sites for hydroxylation is 2. The third-order valence-corrected chi connectivity index (χ3v) is 8.89. The van der Waals surface area contributed by atoms with Crippen LogP contribution in [0.2, 0.25) is 0 Å². The predicted molar refractivity (Wildman–Crippen MR) is 153 cm³/mol. The highest BCUT2D eigenvalue weighted by Gasteiger charge is 2.41. The fourth-order valence-corrected chi connectivity index (χ4v) is 6.54. The van der Waals surface area contributed by atoms with Crippen LogP contribution in [0.15, 0.2) is 36.5 Å². The minimum Gasteiger partial charge on any atom is -0.396 e. The molecule has 6 rings (SSSR count). The Balaban J connectivity index is 1.40. The molecule has 0 unspecified atom stereocenters. The maximum Gasteiger partial charge on any atom is 0.225 e. The van der Waals surface area contributed by atoms with E-state index in [-0.39, 0.29) is 12.6 Å². The Morgan fingerprint density at radius 1 is 1.08 bits per heavy atom. The SMILES string of the molecule is Cc1cccc([C@@H](C)Nc2nc(C)c(-c3nc4c(C5CC5)nccc4s3)c(N[C@@H]3C[C@H](CO)[C@@H](O)[C@H]3O)n2)c1. The van der Waals surface area contributed by atoms with Crippen LogP contribution in [-0.4, -0.2) is 60.1 Å². The average molecular weight is 547 g/mol. The molecule has 1 aromatic carbocycles. The van der Waals surface area contributed by atoms with Crippen LogP contribution in [0, 0.1) is 19.8 Å². The van der Waals surface area contributed by atoms with Gasteiger partial charge in [0.2, 0.25) is 5.95 Å². The molecule has 5 atom stereocenters. The van der Waals surface area contributed by atoms with Gasteiger partial charge in [0, 0.05) is 24.6 Å². The summed E-state index contributed by atoms with van der Waals surface area (Å²) in [7, 11) is 0. The number of aliphatic hydroxyl groups excluding tert-OH is 3. The van der Waals surface area contributed by atoms with Crippen LogP contribution in [0.1, 0.15) is 60.7 Å². The normalized spacial score (nSPS) is 23.7. The molecule has 10 heteroatoms. The first-order valence-electron chi connectivity index (χ1n) is 13.5. The highest BCUT2D eigenvalue weighted by atomic mass is 32.1. The lowest BCUT2D eigenvalue weighted by Gasteiger charge is -2.22. The Hall–Kier alpha value is -3.18. The van der Waals surface area contributed by atoms with Crippen molar-refractivity contribution >= 4 is 33.3 Å². The number of rotatable bonds is 8. The summed E-state index contributed by atoms with van der Waals surface area (Å²) in [4.78, 5) is 19.3. The van der Waals surface area contributed by atoms with E-state index < -0.39 is 24.2 Å². The molecule has 9 nitrogen and oxygen atoms in total. The molecule has 204 valence electrons. The fraction of sp³-hybridized carbons (Fsp3) is 0.448. The zero-order valence-electron chi connectivity index (χ0n) is 22.3. The van der Waals surface area contributed by atoms with Crippen molar-refractivity contribution in [2.45, 2.75) is 70.2 Å². The topological polar surface area (TPSA) is 136 Å². The minimum atomic E-state index is -1.03. The molecule has 0 aliphatic heterocycles. The van der Waals surface area contributed by atoms with Crippen molar-refractivity contribution in [2.24, 2.45) is 5.92 Å². The summed E-state index contributed by atoms with van der Waals surface area (Å²) in [6, 6.07) is 9.79. The summed E-state index contributed by atoms with van der Waals surface area (Å²) in [5.41, 5.74) is 5.80. The van der Waals surface area contributed by atoms with Crippen molar-refractivity contribution in [1.82, 2.24) is 19.9 Å². The average Bonchev–Trinajstić information content (AvgIpc) is 3.61. The predicted octanol–water partition coefficient (Wildman–Crippen LogP) is 4.33. The molecule has 2 aliphatic carbocycles. The van der Waals surface area contributed by atoms with Crippen molar-refractivity contribution < 1.29 is 15.3 Å². The van der Waals surface area contributed by atoms with Gasteiger partial charge in [-0.1, -0.05) is 29.8 Å². The second-order valence-corrected chi connectivity index (χ2v) is 11.9. The largest absolute Gasteiger partial charge is 0.396 e. The lowest BCUT2D eigenvalue weighted by atomic mass is 10.1. The molecule has 4 aromatic rings. The van der Waals surface area contributed by atoms with E-state index in [1.54, 1.807) is 11.3 Å². The van der Waals surface area contributed by atoms with Gasteiger partial charge in [0.15, 0.2) is 0 Å². The lowest BCUT2D eigenvalue weighted by Crippen LogP contribution is -2.35. The standard InChI is InChI=1S/C29H34N6O3S/c1-14-5-4-6-18(11-14)15(2)31-29-32-16(3)22(27(35-29)33-20-12-19(13-36)25(37)26(20)38)28-34-24-21(39-28)9-10-30-23(24)17-7-8-17/h4-6,9-11,15,17,19-20,25-26,36-38H,7-8,12-13H2,1-3H3,(H2,31,32,33,35)/t15-,19-,20-,25-,26+/m1/s1. The van der Waals surface area contributed by atoms with Crippen LogP contribution in [0.4, 0.5) is 11.8 Å². The molecule has 0 bridgehead atoms. The monoisotopic (exact) mass is 546 g/mol. The summed E-state index contributed by atoms with van der Waals surface area (Å²) in [6.45, 7) is 5.88. The summed E-state index contributed by atoms with van der Waals surface area (Å²) >= 11 is 1.58. The molecule has 0 saturated heterocycles. The van der Waals surface area contributed by atoms with E-state index in [1.165, 1.54) is 5.56 Å². The number of pyridine rings is 1. The lowest BCUT2D eigenvalue weighted by molar-refractivity contribution is 0.00446. The number of nitrogens with one attached hydrogen (secondary N) is 2. The Morgan fingerprint density at radius 2 is 1.90 bits per heavy atom. The van der Waals surface area contributed by atoms with Crippen LogP contribution in [0.5, 0.6) is 0 Å². The van der Waals surface area contributed by atoms with Crippen molar-refractivity contribution in [3.8, 4) is 10.6 Å². The van der Waals surface area contributed by atoms with Crippen molar-refractivity contribution in [1.29, 1.82) is 0 Å². The number of nitrogens with zero attached hydrogens (tertiary/aromatic N) is 4. The van der Waals surface area contributed by atoms with Gasteiger partial charge >= 0.3 is 0 Å². The van der Waals surface area contributed by atoms with Crippen molar-refractivity contribution in [3.63, 3.8) is 0 Å². The molecule has 2 fully saturated rings. The third-order valence-electron chi connectivity index (χ3n) is 7.85. The maximum absolute atomic E-state index is 10.8. The first-order chi connectivity index (χ1) is 18.8. The summed E-state index contributed by atoms with van der Waals surface area (Å²) < 4.78 is 1.07. The van der Waals surface area contributed by atoms with Crippen LogP contribution in [-0.2, 0) is 0 Å². The number of thiazole rings is 1. The van der Waals surface area contributed by atoms with E-state index in [4.69, 9.17) is 15.0 Å². The van der Waals surface area contributed by atoms with Gasteiger partial charge in [-0.2, -0.15) is 4.98 Å². The van der Waals surface area contributed by atoms with Crippen LogP contribution < -0.4 is 10.6 Å².